The molecule has 1 saturated heterocycles. The van der Waals surface area contributed by atoms with Gasteiger partial charge in [-0.2, -0.15) is 5.26 Å². The number of aryl methyl sites for hydroxylation is 1. The number of imide groups is 1. The third kappa shape index (κ3) is 2.97. The molecule has 0 bridgehead atoms. The number of aromatic nitrogens is 1. The lowest BCUT2D eigenvalue weighted by atomic mass is 9.91. The van der Waals surface area contributed by atoms with Crippen LogP contribution in [0.4, 0.5) is 4.79 Å². The number of benzene rings is 1. The van der Waals surface area contributed by atoms with Crippen molar-refractivity contribution < 1.29 is 14.4 Å². The van der Waals surface area contributed by atoms with Gasteiger partial charge in [-0.3, -0.25) is 14.5 Å². The van der Waals surface area contributed by atoms with Gasteiger partial charge in [0, 0.05) is 23.5 Å². The number of ketones is 1. The van der Waals surface area contributed by atoms with Crippen molar-refractivity contribution in [2.24, 2.45) is 0 Å². The van der Waals surface area contributed by atoms with Crippen LogP contribution < -0.4 is 5.32 Å². The summed E-state index contributed by atoms with van der Waals surface area (Å²) in [4.78, 5) is 39.2. The lowest BCUT2D eigenvalue weighted by Crippen LogP contribution is -2.41. The van der Waals surface area contributed by atoms with Gasteiger partial charge in [0.1, 0.15) is 5.54 Å². The van der Waals surface area contributed by atoms with Crippen LogP contribution >= 0.6 is 0 Å². The minimum atomic E-state index is -1.27. The Morgan fingerprint density at radius 3 is 2.39 bits per heavy atom. The Labute approximate surface area is 163 Å². The van der Waals surface area contributed by atoms with Crippen molar-refractivity contribution >= 4 is 17.7 Å². The maximum atomic E-state index is 13.0. The molecule has 3 rings (SSSR count). The number of hydrogen-bond donors (Lipinski definition) is 1. The van der Waals surface area contributed by atoms with E-state index in [1.165, 1.54) is 0 Å². The average molecular weight is 378 g/mol. The van der Waals surface area contributed by atoms with E-state index in [2.05, 4.69) is 5.32 Å². The fraction of sp³-hybridized carbons (Fsp3) is 0.333. The summed E-state index contributed by atoms with van der Waals surface area (Å²) in [6.07, 6.45) is 0. The van der Waals surface area contributed by atoms with Gasteiger partial charge in [0.25, 0.3) is 5.91 Å². The molecule has 1 unspecified atom stereocenters. The van der Waals surface area contributed by atoms with Crippen molar-refractivity contribution in [1.29, 1.82) is 5.26 Å². The highest BCUT2D eigenvalue weighted by atomic mass is 16.2. The zero-order valence-electron chi connectivity index (χ0n) is 16.4. The first kappa shape index (κ1) is 19.4. The van der Waals surface area contributed by atoms with Gasteiger partial charge in [-0.25, -0.2) is 4.79 Å². The molecular formula is C21H22N4O3. The van der Waals surface area contributed by atoms with Gasteiger partial charge in [-0.1, -0.05) is 12.1 Å². The number of nitrogens with zero attached hydrogens (tertiary/aromatic N) is 3. The normalized spacial score (nSPS) is 18.9. The molecule has 2 heterocycles. The molecule has 1 N–H and O–H groups in total. The van der Waals surface area contributed by atoms with Gasteiger partial charge in [-0.15, -0.1) is 0 Å². The molecule has 1 aromatic carbocycles. The minimum absolute atomic E-state index is 0.277. The highest BCUT2D eigenvalue weighted by Gasteiger charge is 2.49. The SMILES string of the molecule is CCn1c(C)cc(C(=O)CN2C(=O)NC(C)(c3ccc(C#N)cc3)C2=O)c1C. The number of urea groups is 1. The Hall–Kier alpha value is -3.40. The van der Waals surface area contributed by atoms with Gasteiger partial charge < -0.3 is 9.88 Å². The molecule has 0 aliphatic carbocycles. The third-order valence-corrected chi connectivity index (χ3v) is 5.36. The van der Waals surface area contributed by atoms with Crippen molar-refractivity contribution in [1.82, 2.24) is 14.8 Å². The summed E-state index contributed by atoms with van der Waals surface area (Å²) in [5.74, 6) is -0.764. The molecule has 3 amide bonds. The van der Waals surface area contributed by atoms with Crippen molar-refractivity contribution in [2.45, 2.75) is 39.8 Å². The highest BCUT2D eigenvalue weighted by Crippen LogP contribution is 2.29. The second-order valence-electron chi connectivity index (χ2n) is 7.09. The zero-order valence-corrected chi connectivity index (χ0v) is 16.4. The first-order chi connectivity index (χ1) is 13.2. The van der Waals surface area contributed by atoms with Crippen LogP contribution in [-0.2, 0) is 16.9 Å². The van der Waals surface area contributed by atoms with Gasteiger partial charge in [0.05, 0.1) is 18.2 Å². The molecular weight excluding hydrogens is 356 g/mol. The van der Waals surface area contributed by atoms with Crippen molar-refractivity contribution in [3.8, 4) is 6.07 Å². The van der Waals surface area contributed by atoms with Crippen molar-refractivity contribution in [3.63, 3.8) is 0 Å². The molecule has 28 heavy (non-hydrogen) atoms. The van der Waals surface area contributed by atoms with Crippen LogP contribution in [0, 0.1) is 25.2 Å². The second kappa shape index (κ2) is 6.97. The molecule has 2 aromatic rings. The standard InChI is InChI=1S/C21H22N4O3/c1-5-24-13(2)10-17(14(24)3)18(26)12-25-19(27)21(4,23-20(25)28)16-8-6-15(11-22)7-9-16/h6-10H,5,12H2,1-4H3,(H,23,28). The quantitative estimate of drug-likeness (QED) is 0.639. The smallest absolute Gasteiger partial charge is 0.325 e. The highest BCUT2D eigenvalue weighted by molar-refractivity contribution is 6.11. The summed E-state index contributed by atoms with van der Waals surface area (Å²) in [5.41, 5.74) is 2.05. The molecule has 0 radical (unpaired) electrons. The van der Waals surface area contributed by atoms with Gasteiger partial charge in [0.2, 0.25) is 0 Å². The molecule has 1 aliphatic heterocycles. The molecule has 0 saturated carbocycles. The molecule has 1 atom stereocenters. The van der Waals surface area contributed by atoms with E-state index < -0.39 is 17.5 Å². The average Bonchev–Trinajstić information content (AvgIpc) is 3.09. The number of nitrogens with one attached hydrogen (secondary N) is 1. The van der Waals surface area contributed by atoms with E-state index in [-0.39, 0.29) is 12.3 Å². The topological polar surface area (TPSA) is 95.2 Å². The lowest BCUT2D eigenvalue weighted by molar-refractivity contribution is -0.130. The van der Waals surface area contributed by atoms with Crippen LogP contribution in [0.1, 0.15) is 46.7 Å². The molecule has 7 nitrogen and oxygen atoms in total. The minimum Gasteiger partial charge on any atom is -0.349 e. The first-order valence-corrected chi connectivity index (χ1v) is 9.07. The van der Waals surface area contributed by atoms with E-state index in [1.54, 1.807) is 37.3 Å². The van der Waals surface area contributed by atoms with E-state index in [9.17, 15) is 14.4 Å². The fourth-order valence-corrected chi connectivity index (χ4v) is 3.71. The number of carbonyl (C=O) groups excluding carboxylic acids is 3. The van der Waals surface area contributed by atoms with Gasteiger partial charge >= 0.3 is 6.03 Å². The zero-order chi connectivity index (χ0) is 20.6. The van der Waals surface area contributed by atoms with Crippen LogP contribution in [0.25, 0.3) is 0 Å². The van der Waals surface area contributed by atoms with Crippen LogP contribution in [-0.4, -0.2) is 33.7 Å². The van der Waals surface area contributed by atoms with Crippen LogP contribution in [0.5, 0.6) is 0 Å². The second-order valence-corrected chi connectivity index (χ2v) is 7.09. The number of nitriles is 1. The maximum absolute atomic E-state index is 13.0. The van der Waals surface area contributed by atoms with E-state index >= 15 is 0 Å². The van der Waals surface area contributed by atoms with Gasteiger partial charge in [0.15, 0.2) is 5.78 Å². The summed E-state index contributed by atoms with van der Waals surface area (Å²) in [6, 6.07) is 9.66. The number of carbonyl (C=O) groups is 3. The molecule has 0 spiro atoms. The first-order valence-electron chi connectivity index (χ1n) is 9.07. The molecule has 1 aromatic heterocycles. The molecule has 1 fully saturated rings. The van der Waals surface area contributed by atoms with Crippen LogP contribution in [0.2, 0.25) is 0 Å². The molecule has 1 aliphatic rings. The van der Waals surface area contributed by atoms with E-state index in [0.717, 1.165) is 22.8 Å². The maximum Gasteiger partial charge on any atom is 0.325 e. The van der Waals surface area contributed by atoms with E-state index in [1.807, 2.05) is 31.4 Å². The Morgan fingerprint density at radius 1 is 1.21 bits per heavy atom. The van der Waals surface area contributed by atoms with Crippen molar-refractivity contribution in [2.75, 3.05) is 6.54 Å². The summed E-state index contributed by atoms with van der Waals surface area (Å²) < 4.78 is 2.01. The largest absolute Gasteiger partial charge is 0.349 e. The number of Topliss-reactive ketones (excluding diaryl/α,β-unsaturated/α-hetero) is 1. The number of rotatable bonds is 5. The Morgan fingerprint density at radius 2 is 1.86 bits per heavy atom. The summed E-state index contributed by atoms with van der Waals surface area (Å²) in [6.45, 7) is 7.80. The summed E-state index contributed by atoms with van der Waals surface area (Å²) in [7, 11) is 0. The predicted molar refractivity (Wildman–Crippen MR) is 103 cm³/mol. The lowest BCUT2D eigenvalue weighted by Gasteiger charge is -2.22. The Bertz CT molecular complexity index is 1010. The van der Waals surface area contributed by atoms with Crippen LogP contribution in [0.3, 0.4) is 0 Å². The van der Waals surface area contributed by atoms with E-state index in [0.29, 0.717) is 16.7 Å². The molecule has 7 heteroatoms. The van der Waals surface area contributed by atoms with Crippen LogP contribution in [0.15, 0.2) is 30.3 Å². The van der Waals surface area contributed by atoms with Gasteiger partial charge in [-0.05, 0) is 51.5 Å². The number of hydrogen-bond acceptors (Lipinski definition) is 4. The molecule has 144 valence electrons. The Kier molecular flexibility index (Phi) is 4.82. The van der Waals surface area contributed by atoms with Crippen molar-refractivity contribution in [3.05, 3.63) is 58.4 Å². The van der Waals surface area contributed by atoms with E-state index in [4.69, 9.17) is 5.26 Å². The predicted octanol–water partition coefficient (Wildman–Crippen LogP) is 2.65. The number of amides is 3. The monoisotopic (exact) mass is 378 g/mol. The third-order valence-electron chi connectivity index (χ3n) is 5.36. The summed E-state index contributed by atoms with van der Waals surface area (Å²) in [5, 5.41) is 11.6. The summed E-state index contributed by atoms with van der Waals surface area (Å²) >= 11 is 0. The Balaban J connectivity index is 1.86. The fourth-order valence-electron chi connectivity index (χ4n) is 3.71.